The van der Waals surface area contributed by atoms with Crippen LogP contribution < -0.4 is 5.32 Å². The number of carbonyl (C=O) groups is 1. The monoisotopic (exact) mass is 234 g/mol. The lowest BCUT2D eigenvalue weighted by molar-refractivity contribution is 0.0525. The molecule has 2 heterocycles. The van der Waals surface area contributed by atoms with Gasteiger partial charge in [-0.05, 0) is 37.9 Å². The molecule has 0 saturated carbocycles. The Bertz CT molecular complexity index is 387. The summed E-state index contributed by atoms with van der Waals surface area (Å²) in [6.07, 6.45) is 6.94. The predicted molar refractivity (Wildman–Crippen MR) is 64.8 cm³/mol. The second-order valence-corrected chi connectivity index (χ2v) is 4.23. The lowest BCUT2D eigenvalue weighted by Gasteiger charge is -2.23. The molecule has 1 saturated heterocycles. The van der Waals surface area contributed by atoms with Crippen molar-refractivity contribution < 1.29 is 9.53 Å². The van der Waals surface area contributed by atoms with E-state index in [1.165, 1.54) is 12.8 Å². The Morgan fingerprint density at radius 3 is 3.12 bits per heavy atom. The molecule has 1 aromatic rings. The van der Waals surface area contributed by atoms with E-state index in [9.17, 15) is 4.79 Å². The maximum atomic E-state index is 11.6. The van der Waals surface area contributed by atoms with Crippen LogP contribution in [-0.2, 0) is 4.74 Å². The van der Waals surface area contributed by atoms with Gasteiger partial charge in [-0.15, -0.1) is 0 Å². The molecule has 0 aliphatic carbocycles. The van der Waals surface area contributed by atoms with E-state index < -0.39 is 0 Å². The third kappa shape index (κ3) is 3.03. The topological polar surface area (TPSA) is 51.2 Å². The van der Waals surface area contributed by atoms with Gasteiger partial charge < -0.3 is 10.1 Å². The van der Waals surface area contributed by atoms with Gasteiger partial charge in [-0.3, -0.25) is 4.98 Å². The molecule has 1 aromatic heterocycles. The van der Waals surface area contributed by atoms with Gasteiger partial charge in [0.15, 0.2) is 0 Å². The molecule has 2 rings (SSSR count). The first kappa shape index (κ1) is 12.0. The molecule has 0 spiro atoms. The smallest absolute Gasteiger partial charge is 0.339 e. The van der Waals surface area contributed by atoms with Gasteiger partial charge in [-0.25, -0.2) is 4.79 Å². The van der Waals surface area contributed by atoms with Crippen LogP contribution in [0.3, 0.4) is 0 Å². The molecule has 92 valence electrons. The van der Waals surface area contributed by atoms with Gasteiger partial charge in [0.25, 0.3) is 0 Å². The molecule has 1 aliphatic heterocycles. The molecule has 1 unspecified atom stereocenters. The van der Waals surface area contributed by atoms with Crippen molar-refractivity contribution in [2.75, 3.05) is 13.2 Å². The molecular formula is C13H18N2O2. The molecule has 0 amide bonds. The highest BCUT2D eigenvalue weighted by Crippen LogP contribution is 2.22. The first-order chi connectivity index (χ1) is 8.31. The highest BCUT2D eigenvalue weighted by molar-refractivity contribution is 5.89. The SMILES string of the molecule is CCOC(=O)c1cncc(C2CCCCN2)c1. The van der Waals surface area contributed by atoms with Crippen molar-refractivity contribution >= 4 is 5.97 Å². The van der Waals surface area contributed by atoms with E-state index in [1.807, 2.05) is 12.3 Å². The van der Waals surface area contributed by atoms with E-state index in [4.69, 9.17) is 4.74 Å². The average molecular weight is 234 g/mol. The summed E-state index contributed by atoms with van der Waals surface area (Å²) >= 11 is 0. The zero-order chi connectivity index (χ0) is 12.1. The van der Waals surface area contributed by atoms with E-state index in [2.05, 4.69) is 10.3 Å². The quantitative estimate of drug-likeness (QED) is 0.813. The minimum atomic E-state index is -0.294. The van der Waals surface area contributed by atoms with Crippen molar-refractivity contribution in [3.8, 4) is 0 Å². The molecule has 4 nitrogen and oxygen atoms in total. The number of hydrogen-bond acceptors (Lipinski definition) is 4. The highest BCUT2D eigenvalue weighted by Gasteiger charge is 2.16. The zero-order valence-corrected chi connectivity index (χ0v) is 10.1. The van der Waals surface area contributed by atoms with E-state index >= 15 is 0 Å². The highest BCUT2D eigenvalue weighted by atomic mass is 16.5. The molecule has 0 aromatic carbocycles. The van der Waals surface area contributed by atoms with E-state index in [1.54, 1.807) is 13.1 Å². The molecule has 0 bridgehead atoms. The summed E-state index contributed by atoms with van der Waals surface area (Å²) in [5.74, 6) is -0.294. The Morgan fingerprint density at radius 1 is 1.53 bits per heavy atom. The minimum absolute atomic E-state index is 0.294. The summed E-state index contributed by atoms with van der Waals surface area (Å²) in [6.45, 7) is 3.23. The summed E-state index contributed by atoms with van der Waals surface area (Å²) in [7, 11) is 0. The van der Waals surface area contributed by atoms with Crippen LogP contribution in [-0.4, -0.2) is 24.1 Å². The maximum absolute atomic E-state index is 11.6. The molecule has 4 heteroatoms. The minimum Gasteiger partial charge on any atom is -0.462 e. The van der Waals surface area contributed by atoms with Crippen LogP contribution in [0, 0.1) is 0 Å². The van der Waals surface area contributed by atoms with Crippen LogP contribution in [0.5, 0.6) is 0 Å². The summed E-state index contributed by atoms with van der Waals surface area (Å²) in [6, 6.07) is 2.21. The van der Waals surface area contributed by atoms with Crippen molar-refractivity contribution in [1.29, 1.82) is 0 Å². The number of hydrogen-bond donors (Lipinski definition) is 1. The summed E-state index contributed by atoms with van der Waals surface area (Å²) in [5, 5.41) is 3.44. The number of piperidine rings is 1. The average Bonchev–Trinajstić information content (AvgIpc) is 2.40. The summed E-state index contributed by atoms with van der Waals surface area (Å²) in [4.78, 5) is 15.7. The fraction of sp³-hybridized carbons (Fsp3) is 0.538. The third-order valence-corrected chi connectivity index (χ3v) is 2.98. The molecule has 1 fully saturated rings. The normalized spacial score (nSPS) is 19.9. The molecule has 0 radical (unpaired) electrons. The van der Waals surface area contributed by atoms with Crippen molar-refractivity contribution in [2.45, 2.75) is 32.2 Å². The molecule has 17 heavy (non-hydrogen) atoms. The predicted octanol–water partition coefficient (Wildman–Crippen LogP) is 2.07. The fourth-order valence-corrected chi connectivity index (χ4v) is 2.11. The van der Waals surface area contributed by atoms with Crippen LogP contribution in [0.4, 0.5) is 0 Å². The lowest BCUT2D eigenvalue weighted by atomic mass is 9.98. The van der Waals surface area contributed by atoms with E-state index in [0.29, 0.717) is 18.2 Å². The number of pyridine rings is 1. The first-order valence-electron chi connectivity index (χ1n) is 6.16. The maximum Gasteiger partial charge on any atom is 0.339 e. The summed E-state index contributed by atoms with van der Waals surface area (Å²) < 4.78 is 4.97. The molecular weight excluding hydrogens is 216 g/mol. The number of carbonyl (C=O) groups excluding carboxylic acids is 1. The first-order valence-corrected chi connectivity index (χ1v) is 6.16. The Hall–Kier alpha value is -1.42. The Morgan fingerprint density at radius 2 is 2.41 bits per heavy atom. The van der Waals surface area contributed by atoms with Crippen LogP contribution >= 0.6 is 0 Å². The van der Waals surface area contributed by atoms with Crippen LogP contribution in [0.2, 0.25) is 0 Å². The Balaban J connectivity index is 2.12. The van der Waals surface area contributed by atoms with Gasteiger partial charge in [0.05, 0.1) is 12.2 Å². The van der Waals surface area contributed by atoms with Crippen LogP contribution in [0.25, 0.3) is 0 Å². The van der Waals surface area contributed by atoms with Crippen molar-refractivity contribution in [3.05, 3.63) is 29.6 Å². The molecule has 1 aliphatic rings. The van der Waals surface area contributed by atoms with Crippen molar-refractivity contribution in [2.24, 2.45) is 0 Å². The number of nitrogens with zero attached hydrogens (tertiary/aromatic N) is 1. The second kappa shape index (κ2) is 5.77. The molecule has 1 atom stereocenters. The van der Waals surface area contributed by atoms with Crippen LogP contribution in [0.1, 0.15) is 48.1 Å². The second-order valence-electron chi connectivity index (χ2n) is 4.23. The number of aromatic nitrogens is 1. The fourth-order valence-electron chi connectivity index (χ4n) is 2.11. The van der Waals surface area contributed by atoms with E-state index in [-0.39, 0.29) is 5.97 Å². The van der Waals surface area contributed by atoms with E-state index in [0.717, 1.165) is 18.5 Å². The number of rotatable bonds is 3. The van der Waals surface area contributed by atoms with Crippen LogP contribution in [0.15, 0.2) is 18.5 Å². The van der Waals surface area contributed by atoms with Gasteiger partial charge in [-0.2, -0.15) is 0 Å². The zero-order valence-electron chi connectivity index (χ0n) is 10.1. The number of nitrogens with one attached hydrogen (secondary N) is 1. The van der Waals surface area contributed by atoms with Gasteiger partial charge in [0.2, 0.25) is 0 Å². The number of ether oxygens (including phenoxy) is 1. The lowest BCUT2D eigenvalue weighted by Crippen LogP contribution is -2.27. The van der Waals surface area contributed by atoms with Crippen molar-refractivity contribution in [3.63, 3.8) is 0 Å². The Labute approximate surface area is 101 Å². The van der Waals surface area contributed by atoms with Gasteiger partial charge >= 0.3 is 5.97 Å². The summed E-state index contributed by atoms with van der Waals surface area (Å²) in [5.41, 5.74) is 1.62. The van der Waals surface area contributed by atoms with Gasteiger partial charge in [0, 0.05) is 18.4 Å². The Kier molecular flexibility index (Phi) is 4.09. The van der Waals surface area contributed by atoms with Crippen molar-refractivity contribution in [1.82, 2.24) is 10.3 Å². The number of esters is 1. The van der Waals surface area contributed by atoms with Gasteiger partial charge in [-0.1, -0.05) is 6.42 Å². The van der Waals surface area contributed by atoms with Gasteiger partial charge in [0.1, 0.15) is 0 Å². The third-order valence-electron chi connectivity index (χ3n) is 2.98. The molecule has 1 N–H and O–H groups in total. The standard InChI is InChI=1S/C13H18N2O2/c1-2-17-13(16)11-7-10(8-14-9-11)12-5-3-4-6-15-12/h7-9,12,15H,2-6H2,1H3. The largest absolute Gasteiger partial charge is 0.462 e.